The van der Waals surface area contributed by atoms with Gasteiger partial charge in [-0.25, -0.2) is 4.83 Å². The second-order valence-electron chi connectivity index (χ2n) is 4.44. The number of hydrogen-bond acceptors (Lipinski definition) is 6. The van der Waals surface area contributed by atoms with E-state index in [9.17, 15) is 13.5 Å². The Kier molecular flexibility index (Phi) is 5.07. The number of phenols is 1. The van der Waals surface area contributed by atoms with Gasteiger partial charge in [0.2, 0.25) is 5.75 Å². The smallest absolute Gasteiger partial charge is 0.276 e. The highest BCUT2D eigenvalue weighted by Crippen LogP contribution is 2.36. The molecule has 0 saturated carbocycles. The predicted octanol–water partition coefficient (Wildman–Crippen LogP) is 1.72. The van der Waals surface area contributed by atoms with E-state index < -0.39 is 10.0 Å². The number of ether oxygens (including phenoxy) is 2. The number of phenolic OH excluding ortho intramolecular Hbond substituents is 1. The minimum absolute atomic E-state index is 0.109. The van der Waals surface area contributed by atoms with E-state index in [1.807, 2.05) is 0 Å². The van der Waals surface area contributed by atoms with E-state index >= 15 is 0 Å². The Morgan fingerprint density at radius 2 is 1.65 bits per heavy atom. The Labute approximate surface area is 134 Å². The Morgan fingerprint density at radius 3 is 2.17 bits per heavy atom. The molecule has 2 N–H and O–H groups in total. The van der Waals surface area contributed by atoms with Crippen LogP contribution in [0.1, 0.15) is 5.56 Å². The van der Waals surface area contributed by atoms with Crippen molar-refractivity contribution >= 4 is 16.2 Å². The quantitative estimate of drug-likeness (QED) is 0.618. The molecule has 7 nitrogen and oxygen atoms in total. The van der Waals surface area contributed by atoms with Gasteiger partial charge in [0.25, 0.3) is 10.0 Å². The first-order chi connectivity index (χ1) is 11.0. The molecule has 0 unspecified atom stereocenters. The number of hydrogen-bond donors (Lipinski definition) is 2. The fourth-order valence-electron chi connectivity index (χ4n) is 1.81. The van der Waals surface area contributed by atoms with Gasteiger partial charge in [-0.1, -0.05) is 18.2 Å². The van der Waals surface area contributed by atoms with Gasteiger partial charge in [-0.05, 0) is 24.3 Å². The van der Waals surface area contributed by atoms with Crippen LogP contribution in [0.4, 0.5) is 0 Å². The molecule has 0 fully saturated rings. The van der Waals surface area contributed by atoms with Crippen molar-refractivity contribution < 1.29 is 23.0 Å². The molecule has 2 aromatic carbocycles. The third-order valence-corrected chi connectivity index (χ3v) is 4.18. The minimum Gasteiger partial charge on any atom is -0.502 e. The molecule has 0 aliphatic rings. The van der Waals surface area contributed by atoms with Crippen molar-refractivity contribution in [3.05, 3.63) is 48.0 Å². The monoisotopic (exact) mass is 336 g/mol. The molecular weight excluding hydrogens is 320 g/mol. The number of rotatable bonds is 6. The summed E-state index contributed by atoms with van der Waals surface area (Å²) in [6, 6.07) is 10.9. The van der Waals surface area contributed by atoms with Gasteiger partial charge in [0.15, 0.2) is 11.5 Å². The predicted molar refractivity (Wildman–Crippen MR) is 85.6 cm³/mol. The topological polar surface area (TPSA) is 97.2 Å². The summed E-state index contributed by atoms with van der Waals surface area (Å²) in [6.45, 7) is 0. The van der Waals surface area contributed by atoms with Gasteiger partial charge in [-0.15, -0.1) is 0 Å². The van der Waals surface area contributed by atoms with Gasteiger partial charge < -0.3 is 14.6 Å². The van der Waals surface area contributed by atoms with E-state index in [4.69, 9.17) is 9.47 Å². The molecule has 0 bridgehead atoms. The van der Waals surface area contributed by atoms with Crippen LogP contribution in [0.25, 0.3) is 0 Å². The summed E-state index contributed by atoms with van der Waals surface area (Å²) in [4.78, 5) is 2.22. The van der Waals surface area contributed by atoms with Crippen molar-refractivity contribution in [2.75, 3.05) is 14.2 Å². The van der Waals surface area contributed by atoms with Gasteiger partial charge in [-0.3, -0.25) is 0 Å². The van der Waals surface area contributed by atoms with E-state index in [2.05, 4.69) is 9.93 Å². The van der Waals surface area contributed by atoms with Crippen LogP contribution in [0, 0.1) is 0 Å². The second kappa shape index (κ2) is 7.01. The summed E-state index contributed by atoms with van der Waals surface area (Å²) >= 11 is 0. The number of methoxy groups -OCH3 is 2. The van der Waals surface area contributed by atoms with Crippen molar-refractivity contribution in [1.82, 2.24) is 4.83 Å². The first-order valence-corrected chi connectivity index (χ1v) is 8.01. The van der Waals surface area contributed by atoms with Crippen LogP contribution in [0.2, 0.25) is 0 Å². The van der Waals surface area contributed by atoms with Crippen molar-refractivity contribution in [3.8, 4) is 17.2 Å². The molecule has 2 aromatic rings. The van der Waals surface area contributed by atoms with E-state index in [1.165, 1.54) is 44.7 Å². The summed E-state index contributed by atoms with van der Waals surface area (Å²) in [6.07, 6.45) is 1.28. The summed E-state index contributed by atoms with van der Waals surface area (Å²) in [5, 5.41) is 13.5. The number of aromatic hydroxyl groups is 1. The normalized spacial score (nSPS) is 11.4. The van der Waals surface area contributed by atoms with Crippen molar-refractivity contribution in [2.24, 2.45) is 5.10 Å². The van der Waals surface area contributed by atoms with Crippen LogP contribution in [0.15, 0.2) is 52.5 Å². The van der Waals surface area contributed by atoms with E-state index in [1.54, 1.807) is 18.2 Å². The van der Waals surface area contributed by atoms with Crippen molar-refractivity contribution in [2.45, 2.75) is 4.90 Å². The molecule has 0 heterocycles. The maximum absolute atomic E-state index is 12.0. The lowest BCUT2D eigenvalue weighted by atomic mass is 10.2. The van der Waals surface area contributed by atoms with Gasteiger partial charge >= 0.3 is 0 Å². The number of benzene rings is 2. The van der Waals surface area contributed by atoms with Gasteiger partial charge in [-0.2, -0.15) is 13.5 Å². The number of nitrogens with zero attached hydrogens (tertiary/aromatic N) is 1. The summed E-state index contributed by atoms with van der Waals surface area (Å²) < 4.78 is 34.0. The fraction of sp³-hybridized carbons (Fsp3) is 0.133. The molecular formula is C15H16N2O5S. The molecule has 0 spiro atoms. The molecule has 8 heteroatoms. The van der Waals surface area contributed by atoms with Gasteiger partial charge in [0, 0.05) is 5.56 Å². The summed E-state index contributed by atoms with van der Waals surface area (Å²) in [5.74, 6) is 0.241. The first-order valence-electron chi connectivity index (χ1n) is 6.53. The third-order valence-electron chi connectivity index (χ3n) is 2.94. The van der Waals surface area contributed by atoms with Crippen molar-refractivity contribution in [3.63, 3.8) is 0 Å². The highest BCUT2D eigenvalue weighted by molar-refractivity contribution is 7.89. The lowest BCUT2D eigenvalue weighted by Crippen LogP contribution is -2.18. The molecule has 0 radical (unpaired) electrons. The Morgan fingerprint density at radius 1 is 1.09 bits per heavy atom. The highest BCUT2D eigenvalue weighted by Gasteiger charge is 2.12. The molecule has 0 saturated heterocycles. The van der Waals surface area contributed by atoms with E-state index in [0.29, 0.717) is 5.56 Å². The number of nitrogens with one attached hydrogen (secondary N) is 1. The number of hydrazone groups is 1. The van der Waals surface area contributed by atoms with Gasteiger partial charge in [0.1, 0.15) is 0 Å². The number of sulfonamides is 1. The van der Waals surface area contributed by atoms with E-state index in [-0.39, 0.29) is 22.1 Å². The zero-order chi connectivity index (χ0) is 16.9. The third kappa shape index (κ3) is 3.92. The average Bonchev–Trinajstić information content (AvgIpc) is 2.56. The standard InChI is InChI=1S/C15H16N2O5S/c1-21-13-8-11(9-14(22-2)15(13)18)10-16-17-23(19,20)12-6-4-3-5-7-12/h3-10,17-18H,1-2H3/b16-10-. The molecule has 0 aromatic heterocycles. The molecule has 23 heavy (non-hydrogen) atoms. The molecule has 0 aliphatic heterocycles. The van der Waals surface area contributed by atoms with Gasteiger partial charge in [0.05, 0.1) is 25.3 Å². The molecule has 0 amide bonds. The van der Waals surface area contributed by atoms with Crippen LogP contribution in [0.3, 0.4) is 0 Å². The highest BCUT2D eigenvalue weighted by atomic mass is 32.2. The second-order valence-corrected chi connectivity index (χ2v) is 6.10. The van der Waals surface area contributed by atoms with Crippen LogP contribution in [0.5, 0.6) is 17.2 Å². The van der Waals surface area contributed by atoms with Crippen LogP contribution in [-0.4, -0.2) is 34.0 Å². The zero-order valence-electron chi connectivity index (χ0n) is 12.6. The lowest BCUT2D eigenvalue weighted by Gasteiger charge is -2.09. The van der Waals surface area contributed by atoms with Crippen molar-refractivity contribution in [1.29, 1.82) is 0 Å². The fourth-order valence-corrected chi connectivity index (χ4v) is 2.62. The maximum atomic E-state index is 12.0. The van der Waals surface area contributed by atoms with E-state index in [0.717, 1.165) is 0 Å². The molecule has 0 atom stereocenters. The molecule has 122 valence electrons. The Balaban J connectivity index is 2.21. The largest absolute Gasteiger partial charge is 0.502 e. The lowest BCUT2D eigenvalue weighted by molar-refractivity contribution is 0.340. The average molecular weight is 336 g/mol. The molecule has 2 rings (SSSR count). The summed E-state index contributed by atoms with van der Waals surface area (Å²) in [7, 11) is -0.937. The zero-order valence-corrected chi connectivity index (χ0v) is 13.4. The van der Waals surface area contributed by atoms with Crippen LogP contribution < -0.4 is 14.3 Å². The Bertz CT molecular complexity index is 779. The SMILES string of the molecule is COc1cc(/C=N\NS(=O)(=O)c2ccccc2)cc(OC)c1O. The first kappa shape index (κ1) is 16.6. The maximum Gasteiger partial charge on any atom is 0.276 e. The van der Waals surface area contributed by atoms with Crippen LogP contribution in [-0.2, 0) is 10.0 Å². The summed E-state index contributed by atoms with van der Waals surface area (Å²) in [5.41, 5.74) is 0.493. The molecule has 0 aliphatic carbocycles. The minimum atomic E-state index is -3.73. The Hall–Kier alpha value is -2.74. The van der Waals surface area contributed by atoms with Crippen LogP contribution >= 0.6 is 0 Å².